The van der Waals surface area contributed by atoms with Gasteiger partial charge >= 0.3 is 0 Å². The number of carbonyl (C=O) groups is 1. The maximum Gasteiger partial charge on any atom is 0.230 e. The van der Waals surface area contributed by atoms with E-state index in [0.29, 0.717) is 23.5 Å². The Balaban J connectivity index is 2.23. The number of nitrogens with one attached hydrogen (secondary N) is 1. The van der Waals surface area contributed by atoms with Gasteiger partial charge in [-0.25, -0.2) is 0 Å². The Morgan fingerprint density at radius 2 is 1.70 bits per heavy atom. The Bertz CT molecular complexity index is 381. The maximum atomic E-state index is 11.9. The van der Waals surface area contributed by atoms with Crippen LogP contribution in [0, 0.1) is 17.8 Å². The van der Waals surface area contributed by atoms with E-state index in [4.69, 9.17) is 0 Å². The molecule has 0 aliphatic carbocycles. The molecule has 0 bridgehead atoms. The van der Waals surface area contributed by atoms with Gasteiger partial charge in [-0.05, 0) is 23.3 Å². The largest absolute Gasteiger partial charge is 0.355 e. The monoisotopic (exact) mass is 293 g/mol. The third-order valence-corrected chi connectivity index (χ3v) is 4.60. The normalized spacial score (nSPS) is 11.3. The topological polar surface area (TPSA) is 29.1 Å². The predicted octanol–water partition coefficient (Wildman–Crippen LogP) is 3.96. The molecule has 0 heterocycles. The standard InChI is InChI=1S/C17H27NOS/c1-13(2)16(14(3)4)10-18-17(19)12-20-11-15-8-6-5-7-9-15/h5-9,13-14,16H,10-12H2,1-4H3,(H,18,19). The van der Waals surface area contributed by atoms with Crippen molar-refractivity contribution in [1.29, 1.82) is 0 Å². The van der Waals surface area contributed by atoms with Crippen molar-refractivity contribution in [2.45, 2.75) is 33.4 Å². The van der Waals surface area contributed by atoms with Gasteiger partial charge in [0.15, 0.2) is 0 Å². The molecule has 3 heteroatoms. The number of carbonyl (C=O) groups excluding carboxylic acids is 1. The van der Waals surface area contributed by atoms with Crippen molar-refractivity contribution in [3.63, 3.8) is 0 Å². The van der Waals surface area contributed by atoms with Gasteiger partial charge in [-0.15, -0.1) is 11.8 Å². The number of hydrogen-bond acceptors (Lipinski definition) is 2. The first-order valence-electron chi connectivity index (χ1n) is 7.39. The highest BCUT2D eigenvalue weighted by molar-refractivity contribution is 7.99. The van der Waals surface area contributed by atoms with Gasteiger partial charge in [0.05, 0.1) is 5.75 Å². The lowest BCUT2D eigenvalue weighted by Gasteiger charge is -2.25. The zero-order chi connectivity index (χ0) is 15.0. The van der Waals surface area contributed by atoms with E-state index in [-0.39, 0.29) is 5.91 Å². The minimum absolute atomic E-state index is 0.150. The SMILES string of the molecule is CC(C)C(CNC(=O)CSCc1ccccc1)C(C)C. The zero-order valence-corrected chi connectivity index (χ0v) is 13.9. The summed E-state index contributed by atoms with van der Waals surface area (Å²) >= 11 is 1.67. The van der Waals surface area contributed by atoms with Crippen molar-refractivity contribution in [2.24, 2.45) is 17.8 Å². The van der Waals surface area contributed by atoms with E-state index < -0.39 is 0 Å². The molecule has 0 radical (unpaired) electrons. The quantitative estimate of drug-likeness (QED) is 0.786. The summed E-state index contributed by atoms with van der Waals surface area (Å²) in [4.78, 5) is 11.9. The molecular weight excluding hydrogens is 266 g/mol. The molecule has 2 nitrogen and oxygen atoms in total. The lowest BCUT2D eigenvalue weighted by molar-refractivity contribution is -0.118. The Morgan fingerprint density at radius 3 is 2.25 bits per heavy atom. The second-order valence-corrected chi connectivity index (χ2v) is 6.92. The van der Waals surface area contributed by atoms with Crippen molar-refractivity contribution in [1.82, 2.24) is 5.32 Å². The lowest BCUT2D eigenvalue weighted by Crippen LogP contribution is -2.34. The second kappa shape index (κ2) is 9.06. The summed E-state index contributed by atoms with van der Waals surface area (Å²) in [7, 11) is 0. The molecular formula is C17H27NOS. The van der Waals surface area contributed by atoms with E-state index in [1.807, 2.05) is 18.2 Å². The zero-order valence-electron chi connectivity index (χ0n) is 13.1. The molecule has 0 spiro atoms. The van der Waals surface area contributed by atoms with Crippen LogP contribution in [0.2, 0.25) is 0 Å². The van der Waals surface area contributed by atoms with Gasteiger partial charge in [0, 0.05) is 12.3 Å². The molecule has 0 saturated heterocycles. The molecule has 0 atom stereocenters. The van der Waals surface area contributed by atoms with Crippen LogP contribution in [0.5, 0.6) is 0 Å². The second-order valence-electron chi connectivity index (χ2n) is 5.93. The van der Waals surface area contributed by atoms with Crippen molar-refractivity contribution >= 4 is 17.7 Å². The minimum atomic E-state index is 0.150. The number of thioether (sulfide) groups is 1. The van der Waals surface area contributed by atoms with Crippen molar-refractivity contribution < 1.29 is 4.79 Å². The van der Waals surface area contributed by atoms with Crippen LogP contribution in [0.25, 0.3) is 0 Å². The van der Waals surface area contributed by atoms with Crippen LogP contribution < -0.4 is 5.32 Å². The highest BCUT2D eigenvalue weighted by Crippen LogP contribution is 2.19. The molecule has 0 unspecified atom stereocenters. The molecule has 20 heavy (non-hydrogen) atoms. The van der Waals surface area contributed by atoms with Gasteiger partial charge in [-0.2, -0.15) is 0 Å². The smallest absolute Gasteiger partial charge is 0.230 e. The van der Waals surface area contributed by atoms with E-state index in [1.165, 1.54) is 5.56 Å². The summed E-state index contributed by atoms with van der Waals surface area (Å²) < 4.78 is 0. The molecule has 1 aromatic carbocycles. The average Bonchev–Trinajstić information content (AvgIpc) is 2.39. The molecule has 1 N–H and O–H groups in total. The highest BCUT2D eigenvalue weighted by atomic mass is 32.2. The van der Waals surface area contributed by atoms with Crippen LogP contribution in [-0.2, 0) is 10.5 Å². The third kappa shape index (κ3) is 6.47. The molecule has 0 fully saturated rings. The van der Waals surface area contributed by atoms with Crippen LogP contribution in [0.4, 0.5) is 0 Å². The molecule has 0 saturated carbocycles. The lowest BCUT2D eigenvalue weighted by atomic mass is 9.85. The van der Waals surface area contributed by atoms with E-state index in [2.05, 4.69) is 45.1 Å². The number of hydrogen-bond donors (Lipinski definition) is 1. The summed E-state index contributed by atoms with van der Waals surface area (Å²) in [6.07, 6.45) is 0. The number of benzene rings is 1. The van der Waals surface area contributed by atoms with Crippen molar-refractivity contribution in [3.05, 3.63) is 35.9 Å². The molecule has 0 aliphatic rings. The van der Waals surface area contributed by atoms with E-state index in [9.17, 15) is 4.79 Å². The van der Waals surface area contributed by atoms with E-state index in [1.54, 1.807) is 11.8 Å². The summed E-state index contributed by atoms with van der Waals surface area (Å²) in [5.41, 5.74) is 1.27. The van der Waals surface area contributed by atoms with Gasteiger partial charge < -0.3 is 5.32 Å². The summed E-state index contributed by atoms with van der Waals surface area (Å²) in [5.74, 6) is 3.35. The summed E-state index contributed by atoms with van der Waals surface area (Å²) in [5, 5.41) is 3.07. The van der Waals surface area contributed by atoms with Gasteiger partial charge in [-0.1, -0.05) is 58.0 Å². The Kier molecular flexibility index (Phi) is 7.75. The van der Waals surface area contributed by atoms with E-state index >= 15 is 0 Å². The fraction of sp³-hybridized carbons (Fsp3) is 0.588. The van der Waals surface area contributed by atoms with Gasteiger partial charge in [0.2, 0.25) is 5.91 Å². The van der Waals surface area contributed by atoms with Crippen LogP contribution in [0.3, 0.4) is 0 Å². The predicted molar refractivity (Wildman–Crippen MR) is 88.8 cm³/mol. The molecule has 1 rings (SSSR count). The maximum absolute atomic E-state index is 11.9. The minimum Gasteiger partial charge on any atom is -0.355 e. The first-order chi connectivity index (χ1) is 9.50. The van der Waals surface area contributed by atoms with Crippen LogP contribution >= 0.6 is 11.8 Å². The number of amides is 1. The number of rotatable bonds is 8. The van der Waals surface area contributed by atoms with Crippen molar-refractivity contribution in [2.75, 3.05) is 12.3 Å². The van der Waals surface area contributed by atoms with Gasteiger partial charge in [0.1, 0.15) is 0 Å². The molecule has 0 aromatic heterocycles. The Labute approximate surface area is 127 Å². The fourth-order valence-electron chi connectivity index (χ4n) is 2.36. The van der Waals surface area contributed by atoms with Crippen molar-refractivity contribution in [3.8, 4) is 0 Å². The third-order valence-electron chi connectivity index (χ3n) is 3.59. The van der Waals surface area contributed by atoms with E-state index in [0.717, 1.165) is 12.3 Å². The fourth-order valence-corrected chi connectivity index (χ4v) is 3.18. The molecule has 0 aliphatic heterocycles. The first-order valence-corrected chi connectivity index (χ1v) is 8.54. The van der Waals surface area contributed by atoms with Crippen LogP contribution in [0.15, 0.2) is 30.3 Å². The first kappa shape index (κ1) is 17.1. The Hall–Kier alpha value is -0.960. The molecule has 1 amide bonds. The molecule has 112 valence electrons. The average molecular weight is 293 g/mol. The van der Waals surface area contributed by atoms with Gasteiger partial charge in [-0.3, -0.25) is 4.79 Å². The highest BCUT2D eigenvalue weighted by Gasteiger charge is 2.17. The van der Waals surface area contributed by atoms with Gasteiger partial charge in [0.25, 0.3) is 0 Å². The van der Waals surface area contributed by atoms with Crippen LogP contribution in [0.1, 0.15) is 33.3 Å². The summed E-state index contributed by atoms with van der Waals surface area (Å²) in [6, 6.07) is 10.3. The Morgan fingerprint density at radius 1 is 1.10 bits per heavy atom. The van der Waals surface area contributed by atoms with Crippen LogP contribution in [-0.4, -0.2) is 18.2 Å². The molecule has 1 aromatic rings. The summed E-state index contributed by atoms with van der Waals surface area (Å²) in [6.45, 7) is 9.68.